The highest BCUT2D eigenvalue weighted by atomic mass is 32.2. The Morgan fingerprint density at radius 2 is 1.53 bits per heavy atom. The smallest absolute Gasteiger partial charge is 0.289 e. The van der Waals surface area contributed by atoms with Gasteiger partial charge in [0.05, 0.1) is 22.8 Å². The number of nitrogens with zero attached hydrogens (tertiary/aromatic N) is 2. The second-order valence-electron chi connectivity index (χ2n) is 7.13. The molecule has 156 valence electrons. The first-order valence-corrected chi connectivity index (χ1v) is 11.0. The van der Waals surface area contributed by atoms with Crippen molar-refractivity contribution in [2.24, 2.45) is 0 Å². The molecule has 0 N–H and O–H groups in total. The lowest BCUT2D eigenvalue weighted by atomic mass is 10.2. The number of hydrogen-bond donors (Lipinski definition) is 0. The normalized spacial score (nSPS) is 15.2. The van der Waals surface area contributed by atoms with E-state index in [1.807, 2.05) is 31.2 Å². The molecule has 1 aromatic carbocycles. The molecule has 4 rings (SSSR count). The maximum atomic E-state index is 12.7. The number of hydrogen-bond acceptors (Lipinski definition) is 5. The minimum atomic E-state index is -1.24. The average Bonchev–Trinajstić information content (AvgIpc) is 3.46. The van der Waals surface area contributed by atoms with Crippen LogP contribution in [0.1, 0.15) is 32.4 Å². The number of amides is 2. The van der Waals surface area contributed by atoms with Gasteiger partial charge in [-0.05, 0) is 43.3 Å². The van der Waals surface area contributed by atoms with E-state index in [1.54, 1.807) is 34.1 Å². The molecule has 1 aliphatic rings. The molecular formula is C22H22N2O5S. The SMILES string of the molecule is Cc1ccc([S@](=O)Cc2ccc(C(=O)N3CCN(C(=O)c4ccco4)CC3)o2)cc1. The van der Waals surface area contributed by atoms with Crippen molar-refractivity contribution in [3.8, 4) is 0 Å². The van der Waals surface area contributed by atoms with Crippen LogP contribution >= 0.6 is 0 Å². The van der Waals surface area contributed by atoms with Gasteiger partial charge in [0.15, 0.2) is 11.5 Å². The number of carbonyl (C=O) groups excluding carboxylic acids is 2. The predicted molar refractivity (Wildman–Crippen MR) is 111 cm³/mol. The van der Waals surface area contributed by atoms with Crippen LogP contribution in [0.25, 0.3) is 0 Å². The Balaban J connectivity index is 1.33. The Morgan fingerprint density at radius 1 is 0.900 bits per heavy atom. The molecule has 3 heterocycles. The van der Waals surface area contributed by atoms with Gasteiger partial charge in [0.25, 0.3) is 11.8 Å². The van der Waals surface area contributed by atoms with E-state index in [1.165, 1.54) is 6.26 Å². The van der Waals surface area contributed by atoms with Crippen LogP contribution in [-0.4, -0.2) is 52.0 Å². The van der Waals surface area contributed by atoms with E-state index in [4.69, 9.17) is 8.83 Å². The summed E-state index contributed by atoms with van der Waals surface area (Å²) in [7, 11) is -1.24. The van der Waals surface area contributed by atoms with Crippen molar-refractivity contribution in [2.75, 3.05) is 26.2 Å². The van der Waals surface area contributed by atoms with E-state index < -0.39 is 10.8 Å². The minimum absolute atomic E-state index is 0.175. The second kappa shape index (κ2) is 8.71. The van der Waals surface area contributed by atoms with Gasteiger partial charge < -0.3 is 18.6 Å². The third-order valence-corrected chi connectivity index (χ3v) is 6.36. The van der Waals surface area contributed by atoms with Crippen LogP contribution in [0.5, 0.6) is 0 Å². The predicted octanol–water partition coefficient (Wildman–Crippen LogP) is 3.09. The van der Waals surface area contributed by atoms with E-state index in [2.05, 4.69) is 0 Å². The molecule has 0 bridgehead atoms. The van der Waals surface area contributed by atoms with Crippen LogP contribution in [0.2, 0.25) is 0 Å². The van der Waals surface area contributed by atoms with Gasteiger partial charge in [-0.1, -0.05) is 17.7 Å². The van der Waals surface area contributed by atoms with Crippen LogP contribution in [0.15, 0.2) is 68.5 Å². The van der Waals surface area contributed by atoms with Crippen LogP contribution in [0, 0.1) is 6.92 Å². The molecule has 2 aromatic heterocycles. The Kier molecular flexibility index (Phi) is 5.85. The Bertz CT molecular complexity index is 1050. The van der Waals surface area contributed by atoms with Gasteiger partial charge in [0, 0.05) is 31.1 Å². The van der Waals surface area contributed by atoms with E-state index in [-0.39, 0.29) is 23.3 Å². The van der Waals surface area contributed by atoms with Crippen molar-refractivity contribution >= 4 is 22.6 Å². The number of rotatable bonds is 5. The monoisotopic (exact) mass is 426 g/mol. The van der Waals surface area contributed by atoms with E-state index in [0.717, 1.165) is 10.5 Å². The van der Waals surface area contributed by atoms with Gasteiger partial charge in [-0.3, -0.25) is 13.8 Å². The van der Waals surface area contributed by atoms with E-state index >= 15 is 0 Å². The summed E-state index contributed by atoms with van der Waals surface area (Å²) >= 11 is 0. The van der Waals surface area contributed by atoms with Gasteiger partial charge in [-0.15, -0.1) is 0 Å². The number of carbonyl (C=O) groups is 2. The largest absolute Gasteiger partial charge is 0.459 e. The first-order valence-electron chi connectivity index (χ1n) is 9.67. The summed E-state index contributed by atoms with van der Waals surface area (Å²) in [4.78, 5) is 29.1. The molecule has 2 amide bonds. The van der Waals surface area contributed by atoms with E-state index in [0.29, 0.717) is 37.7 Å². The van der Waals surface area contributed by atoms with Gasteiger partial charge in [0.1, 0.15) is 5.76 Å². The van der Waals surface area contributed by atoms with Crippen LogP contribution in [0.4, 0.5) is 0 Å². The summed E-state index contributed by atoms with van der Waals surface area (Å²) in [6.45, 7) is 3.66. The zero-order valence-corrected chi connectivity index (χ0v) is 17.4. The molecule has 7 nitrogen and oxygen atoms in total. The Labute approximate surface area is 176 Å². The number of furan rings is 2. The summed E-state index contributed by atoms with van der Waals surface area (Å²) in [6, 6.07) is 14.1. The minimum Gasteiger partial charge on any atom is -0.459 e. The van der Waals surface area contributed by atoms with Gasteiger partial charge in [-0.25, -0.2) is 0 Å². The zero-order valence-electron chi connectivity index (χ0n) is 16.6. The van der Waals surface area contributed by atoms with Crippen molar-refractivity contribution < 1.29 is 22.6 Å². The lowest BCUT2D eigenvalue weighted by Crippen LogP contribution is -2.50. The standard InChI is InChI=1S/C22H22N2O5S/c1-16-4-7-18(8-5-16)30(27)15-17-6-9-20(29-17)22(26)24-12-10-23(11-13-24)21(25)19-3-2-14-28-19/h2-9,14H,10-13,15H2,1H3/t30-/m1/s1. The fourth-order valence-corrected chi connectivity index (χ4v) is 4.32. The molecule has 1 fully saturated rings. The highest BCUT2D eigenvalue weighted by Gasteiger charge is 2.28. The molecular weight excluding hydrogens is 404 g/mol. The third kappa shape index (κ3) is 4.38. The summed E-state index contributed by atoms with van der Waals surface area (Å²) in [5.41, 5.74) is 1.10. The highest BCUT2D eigenvalue weighted by Crippen LogP contribution is 2.18. The number of piperazine rings is 1. The van der Waals surface area contributed by atoms with Crippen molar-refractivity contribution in [1.82, 2.24) is 9.80 Å². The summed E-state index contributed by atoms with van der Waals surface area (Å²) in [6.07, 6.45) is 1.47. The molecule has 8 heteroatoms. The highest BCUT2D eigenvalue weighted by molar-refractivity contribution is 7.84. The third-order valence-electron chi connectivity index (χ3n) is 5.02. The molecule has 1 atom stereocenters. The van der Waals surface area contributed by atoms with Crippen LogP contribution in [0.3, 0.4) is 0 Å². The lowest BCUT2D eigenvalue weighted by molar-refractivity contribution is 0.0501. The molecule has 1 saturated heterocycles. The lowest BCUT2D eigenvalue weighted by Gasteiger charge is -2.33. The number of aryl methyl sites for hydroxylation is 1. The van der Waals surface area contributed by atoms with E-state index in [9.17, 15) is 13.8 Å². The molecule has 30 heavy (non-hydrogen) atoms. The molecule has 0 spiro atoms. The van der Waals surface area contributed by atoms with Gasteiger partial charge in [0.2, 0.25) is 0 Å². The maximum absolute atomic E-state index is 12.7. The summed E-state index contributed by atoms with van der Waals surface area (Å²) < 4.78 is 23.3. The van der Waals surface area contributed by atoms with Crippen LogP contribution in [-0.2, 0) is 16.6 Å². The first kappa shape index (κ1) is 20.2. The summed E-state index contributed by atoms with van der Waals surface area (Å²) in [5.74, 6) is 0.827. The average molecular weight is 426 g/mol. The molecule has 0 unspecified atom stereocenters. The second-order valence-corrected chi connectivity index (χ2v) is 8.58. The van der Waals surface area contributed by atoms with Gasteiger partial charge >= 0.3 is 0 Å². The van der Waals surface area contributed by atoms with Crippen molar-refractivity contribution in [3.63, 3.8) is 0 Å². The maximum Gasteiger partial charge on any atom is 0.289 e. The fraction of sp³-hybridized carbons (Fsp3) is 0.273. The zero-order chi connectivity index (χ0) is 21.1. The fourth-order valence-electron chi connectivity index (χ4n) is 3.30. The quantitative estimate of drug-likeness (QED) is 0.626. The van der Waals surface area contributed by atoms with Crippen molar-refractivity contribution in [3.05, 3.63) is 77.6 Å². The Hall–Kier alpha value is -3.13. The first-order chi connectivity index (χ1) is 14.5. The molecule has 0 radical (unpaired) electrons. The molecule has 0 aliphatic carbocycles. The molecule has 0 saturated carbocycles. The molecule has 3 aromatic rings. The Morgan fingerprint density at radius 3 is 2.13 bits per heavy atom. The topological polar surface area (TPSA) is 84.0 Å². The van der Waals surface area contributed by atoms with Crippen LogP contribution < -0.4 is 0 Å². The summed E-state index contributed by atoms with van der Waals surface area (Å²) in [5, 5.41) is 0. The number of benzene rings is 1. The molecule has 1 aliphatic heterocycles. The van der Waals surface area contributed by atoms with Crippen molar-refractivity contribution in [1.29, 1.82) is 0 Å². The van der Waals surface area contributed by atoms with Gasteiger partial charge in [-0.2, -0.15) is 0 Å². The van der Waals surface area contributed by atoms with Crippen molar-refractivity contribution in [2.45, 2.75) is 17.6 Å².